The standard InChI is InChI=1S/C22H23F2N5O4S/c1-27-22(5-2-6-22)28(7-8-30)21(33)17-19(32)18(31)14(11-29(17)27)20(26)34-16(25)9-12-3-4-13(23)10-15(12)24/h3-4,10-11,25-26,30,32H,2,5-9H2,1H3. The molecule has 1 fully saturated rings. The summed E-state index contributed by atoms with van der Waals surface area (Å²) in [7, 11) is 1.70. The zero-order valence-electron chi connectivity index (χ0n) is 18.3. The molecule has 0 saturated heterocycles. The van der Waals surface area contributed by atoms with Gasteiger partial charge in [-0.1, -0.05) is 17.8 Å². The molecule has 34 heavy (non-hydrogen) atoms. The number of fused-ring (bicyclic) bond motifs is 1. The number of hydrogen-bond acceptors (Lipinski definition) is 8. The number of carbonyl (C=O) groups excluding carboxylic acids is 1. The third-order valence-corrected chi connectivity index (χ3v) is 7.17. The number of nitrogens with zero attached hydrogens (tertiary/aromatic N) is 3. The number of aromatic hydroxyl groups is 1. The number of aliphatic hydroxyl groups is 1. The second-order valence-corrected chi connectivity index (χ2v) is 9.33. The zero-order valence-corrected chi connectivity index (χ0v) is 19.1. The first-order valence-electron chi connectivity index (χ1n) is 10.5. The van der Waals surface area contributed by atoms with E-state index in [0.29, 0.717) is 30.7 Å². The van der Waals surface area contributed by atoms with Crippen molar-refractivity contribution in [2.45, 2.75) is 31.3 Å². The van der Waals surface area contributed by atoms with E-state index in [1.165, 1.54) is 21.8 Å². The van der Waals surface area contributed by atoms with Gasteiger partial charge >= 0.3 is 0 Å². The Labute approximate surface area is 197 Å². The van der Waals surface area contributed by atoms with Crippen LogP contribution in [0.2, 0.25) is 0 Å². The van der Waals surface area contributed by atoms with Gasteiger partial charge in [-0.25, -0.2) is 8.78 Å². The molecule has 1 aliphatic carbocycles. The molecule has 1 spiro atoms. The molecule has 0 unspecified atom stereocenters. The van der Waals surface area contributed by atoms with E-state index in [4.69, 9.17) is 10.8 Å². The van der Waals surface area contributed by atoms with E-state index in [9.17, 15) is 28.6 Å². The average Bonchev–Trinajstić information content (AvgIpc) is 2.74. The fourth-order valence-corrected chi connectivity index (χ4v) is 5.16. The molecule has 1 aliphatic heterocycles. The lowest BCUT2D eigenvalue weighted by Gasteiger charge is -2.58. The zero-order chi connectivity index (χ0) is 24.8. The van der Waals surface area contributed by atoms with Gasteiger partial charge in [0.1, 0.15) is 22.3 Å². The molecule has 12 heteroatoms. The quantitative estimate of drug-likeness (QED) is 0.374. The highest BCUT2D eigenvalue weighted by Crippen LogP contribution is 2.43. The van der Waals surface area contributed by atoms with Gasteiger partial charge in [-0.05, 0) is 30.9 Å². The molecule has 9 nitrogen and oxygen atoms in total. The predicted octanol–water partition coefficient (Wildman–Crippen LogP) is 2.01. The maximum atomic E-state index is 13.9. The fraction of sp³-hybridized carbons (Fsp3) is 0.364. The summed E-state index contributed by atoms with van der Waals surface area (Å²) >= 11 is 0.599. The van der Waals surface area contributed by atoms with Crippen LogP contribution in [0.3, 0.4) is 0 Å². The summed E-state index contributed by atoms with van der Waals surface area (Å²) in [6.45, 7) is -0.232. The van der Waals surface area contributed by atoms with E-state index in [1.54, 1.807) is 12.1 Å². The number of benzene rings is 1. The summed E-state index contributed by atoms with van der Waals surface area (Å²) < 4.78 is 28.4. The van der Waals surface area contributed by atoms with E-state index in [-0.39, 0.29) is 46.5 Å². The van der Waals surface area contributed by atoms with Gasteiger partial charge in [-0.2, -0.15) is 0 Å². The molecule has 1 aromatic heterocycles. The third-order valence-electron chi connectivity index (χ3n) is 6.35. The first kappa shape index (κ1) is 23.9. The molecule has 0 bridgehead atoms. The maximum absolute atomic E-state index is 13.9. The second-order valence-electron chi connectivity index (χ2n) is 8.22. The van der Waals surface area contributed by atoms with Gasteiger partial charge in [0.2, 0.25) is 5.43 Å². The normalized spacial score (nSPS) is 16.4. The molecule has 4 N–H and O–H groups in total. The molecule has 1 saturated carbocycles. The smallest absolute Gasteiger partial charge is 0.278 e. The number of pyridine rings is 1. The summed E-state index contributed by atoms with van der Waals surface area (Å²) in [6, 6.07) is 2.98. The second kappa shape index (κ2) is 8.84. The number of halogens is 2. The molecule has 180 valence electrons. The van der Waals surface area contributed by atoms with Crippen LogP contribution < -0.4 is 10.4 Å². The minimum atomic E-state index is -0.945. The minimum absolute atomic E-state index is 0.0430. The Bertz CT molecular complexity index is 1260. The molecule has 1 aromatic carbocycles. The van der Waals surface area contributed by atoms with Crippen LogP contribution in [0.25, 0.3) is 0 Å². The molecule has 2 aromatic rings. The number of aliphatic hydroxyl groups excluding tert-OH is 1. The summed E-state index contributed by atoms with van der Waals surface area (Å²) in [4.78, 5) is 27.5. The lowest BCUT2D eigenvalue weighted by atomic mass is 9.81. The van der Waals surface area contributed by atoms with Crippen molar-refractivity contribution in [3.05, 3.63) is 63.1 Å². The lowest BCUT2D eigenvalue weighted by molar-refractivity contribution is -0.0143. The van der Waals surface area contributed by atoms with Crippen molar-refractivity contribution in [2.24, 2.45) is 0 Å². The predicted molar refractivity (Wildman–Crippen MR) is 123 cm³/mol. The molecule has 4 rings (SSSR count). The molecule has 0 radical (unpaired) electrons. The highest BCUT2D eigenvalue weighted by molar-refractivity contribution is 8.26. The highest BCUT2D eigenvalue weighted by Gasteiger charge is 2.53. The summed E-state index contributed by atoms with van der Waals surface area (Å²) in [5.74, 6) is -2.98. The molecular formula is C22H23F2N5O4S. The van der Waals surface area contributed by atoms with Crippen LogP contribution in [0.1, 0.15) is 40.9 Å². The van der Waals surface area contributed by atoms with Gasteiger partial charge in [0.25, 0.3) is 5.91 Å². The van der Waals surface area contributed by atoms with E-state index in [2.05, 4.69) is 0 Å². The van der Waals surface area contributed by atoms with Crippen LogP contribution in [0.15, 0.2) is 29.2 Å². The molecule has 2 aliphatic rings. The minimum Gasteiger partial charge on any atom is -0.502 e. The van der Waals surface area contributed by atoms with Gasteiger partial charge in [0.15, 0.2) is 11.4 Å². The van der Waals surface area contributed by atoms with Gasteiger partial charge in [-0.15, -0.1) is 0 Å². The van der Waals surface area contributed by atoms with Crippen molar-refractivity contribution in [3.63, 3.8) is 0 Å². The number of hydrogen-bond donors (Lipinski definition) is 4. The Morgan fingerprint density at radius 1 is 1.24 bits per heavy atom. The Morgan fingerprint density at radius 2 is 1.94 bits per heavy atom. The number of aromatic nitrogens is 1. The van der Waals surface area contributed by atoms with E-state index in [0.717, 1.165) is 12.5 Å². The number of thioether (sulfide) groups is 1. The Morgan fingerprint density at radius 3 is 2.53 bits per heavy atom. The lowest BCUT2D eigenvalue weighted by Crippen LogP contribution is -2.72. The van der Waals surface area contributed by atoms with Crippen LogP contribution in [0.5, 0.6) is 5.75 Å². The number of carbonyl (C=O) groups is 1. The van der Waals surface area contributed by atoms with Crippen molar-refractivity contribution in [1.82, 2.24) is 9.58 Å². The van der Waals surface area contributed by atoms with Gasteiger partial charge in [0.05, 0.1) is 17.2 Å². The Hall–Kier alpha value is -3.25. The average molecular weight is 492 g/mol. The van der Waals surface area contributed by atoms with E-state index < -0.39 is 34.4 Å². The van der Waals surface area contributed by atoms with Crippen molar-refractivity contribution >= 4 is 27.8 Å². The van der Waals surface area contributed by atoms with Crippen LogP contribution in [-0.2, 0) is 6.42 Å². The summed E-state index contributed by atoms with van der Waals surface area (Å²) in [5, 5.41) is 37.7. The topological polar surface area (TPSA) is 134 Å². The van der Waals surface area contributed by atoms with Crippen molar-refractivity contribution in [2.75, 3.05) is 25.2 Å². The first-order chi connectivity index (χ1) is 16.1. The van der Waals surface area contributed by atoms with E-state index in [1.807, 2.05) is 0 Å². The number of β-amino-alcohol motifs (C(OH)–C–C–N with tert-alkyl or cyclic N) is 1. The maximum Gasteiger partial charge on any atom is 0.278 e. The van der Waals surface area contributed by atoms with Gasteiger partial charge in [-0.3, -0.25) is 30.1 Å². The third kappa shape index (κ3) is 3.76. The van der Waals surface area contributed by atoms with Crippen molar-refractivity contribution in [3.8, 4) is 5.75 Å². The summed E-state index contributed by atoms with van der Waals surface area (Å²) in [6.07, 6.45) is 3.20. The van der Waals surface area contributed by atoms with Crippen molar-refractivity contribution < 1.29 is 23.8 Å². The number of nitrogens with one attached hydrogen (secondary N) is 2. The van der Waals surface area contributed by atoms with Crippen LogP contribution in [0.4, 0.5) is 8.78 Å². The Balaban J connectivity index is 1.65. The van der Waals surface area contributed by atoms with Crippen LogP contribution in [-0.4, -0.2) is 61.6 Å². The molecular weight excluding hydrogens is 468 g/mol. The van der Waals surface area contributed by atoms with E-state index >= 15 is 0 Å². The van der Waals surface area contributed by atoms with Crippen molar-refractivity contribution in [1.29, 1.82) is 10.8 Å². The SMILES string of the molecule is CN1n2cc(C(=N)SC(=N)Cc3ccc(F)cc3F)c(=O)c(O)c2C(=O)N(CCO)C12CCC2. The molecule has 1 amide bonds. The number of rotatable bonds is 5. The molecule has 0 atom stereocenters. The monoisotopic (exact) mass is 491 g/mol. The number of amides is 1. The largest absolute Gasteiger partial charge is 0.502 e. The van der Waals surface area contributed by atoms with Crippen LogP contribution >= 0.6 is 11.8 Å². The van der Waals surface area contributed by atoms with Gasteiger partial charge in [0, 0.05) is 32.3 Å². The van der Waals surface area contributed by atoms with Crippen LogP contribution in [0, 0.1) is 22.5 Å². The fourth-order valence-electron chi connectivity index (χ4n) is 4.43. The Kier molecular flexibility index (Phi) is 6.21. The summed E-state index contributed by atoms with van der Waals surface area (Å²) in [5.41, 5.74) is -2.07. The van der Waals surface area contributed by atoms with Gasteiger partial charge < -0.3 is 15.1 Å². The molecule has 2 heterocycles. The highest BCUT2D eigenvalue weighted by atomic mass is 32.2. The first-order valence-corrected chi connectivity index (χ1v) is 11.4.